The van der Waals surface area contributed by atoms with Gasteiger partial charge in [-0.3, -0.25) is 0 Å². The Hall–Kier alpha value is -1.48. The highest BCUT2D eigenvalue weighted by Gasteiger charge is 2.12. The second kappa shape index (κ2) is 6.10. The third-order valence-corrected chi connectivity index (χ3v) is 4.45. The van der Waals surface area contributed by atoms with Crippen molar-refractivity contribution < 1.29 is 0 Å². The number of aromatic amines is 1. The van der Waals surface area contributed by atoms with Crippen molar-refractivity contribution in [2.75, 3.05) is 0 Å². The Bertz CT molecular complexity index is 764. The van der Waals surface area contributed by atoms with E-state index in [-0.39, 0.29) is 6.04 Å². The van der Waals surface area contributed by atoms with Crippen molar-refractivity contribution in [3.8, 4) is 0 Å². The summed E-state index contributed by atoms with van der Waals surface area (Å²) >= 11 is 12.6. The van der Waals surface area contributed by atoms with Crippen LogP contribution < -0.4 is 5.32 Å². The summed E-state index contributed by atoms with van der Waals surface area (Å²) in [5.41, 5.74) is 3.15. The zero-order valence-corrected chi connectivity index (χ0v) is 13.2. The summed E-state index contributed by atoms with van der Waals surface area (Å²) in [7, 11) is 0. The number of H-pyrrole nitrogens is 1. The fourth-order valence-corrected chi connectivity index (χ4v) is 3.05. The van der Waals surface area contributed by atoms with Crippen molar-refractivity contribution in [3.05, 3.63) is 69.8 Å². The Balaban J connectivity index is 1.77. The van der Waals surface area contributed by atoms with Gasteiger partial charge in [0.15, 0.2) is 0 Å². The molecule has 108 valence electrons. The Morgan fingerprint density at radius 2 is 1.76 bits per heavy atom. The number of benzene rings is 2. The third kappa shape index (κ3) is 2.93. The molecule has 0 bridgehead atoms. The molecule has 4 heteroatoms. The molecule has 1 aromatic heterocycles. The highest BCUT2D eigenvalue weighted by atomic mass is 35.5. The monoisotopic (exact) mass is 318 g/mol. The third-order valence-electron chi connectivity index (χ3n) is 3.67. The molecule has 0 saturated carbocycles. The quantitative estimate of drug-likeness (QED) is 0.669. The normalized spacial score (nSPS) is 12.7. The van der Waals surface area contributed by atoms with Crippen LogP contribution in [0, 0.1) is 0 Å². The van der Waals surface area contributed by atoms with Gasteiger partial charge >= 0.3 is 0 Å². The molecule has 0 aliphatic carbocycles. The van der Waals surface area contributed by atoms with Crippen molar-refractivity contribution in [2.45, 2.75) is 19.5 Å². The molecule has 0 spiro atoms. The van der Waals surface area contributed by atoms with E-state index in [9.17, 15) is 0 Å². The molecule has 0 aliphatic rings. The van der Waals surface area contributed by atoms with Crippen LogP contribution in [0.3, 0.4) is 0 Å². The lowest BCUT2D eigenvalue weighted by Crippen LogP contribution is -2.18. The molecule has 2 nitrogen and oxygen atoms in total. The number of hydrogen-bond donors (Lipinski definition) is 2. The molecule has 2 aromatic carbocycles. The fraction of sp³-hybridized carbons (Fsp3) is 0.176. The van der Waals surface area contributed by atoms with E-state index in [1.54, 1.807) is 0 Å². The van der Waals surface area contributed by atoms with Gasteiger partial charge in [0.2, 0.25) is 0 Å². The van der Waals surface area contributed by atoms with Gasteiger partial charge in [0.1, 0.15) is 0 Å². The lowest BCUT2D eigenvalue weighted by atomic mass is 10.1. The smallest absolute Gasteiger partial charge is 0.0705 e. The average molecular weight is 319 g/mol. The second-order valence-corrected chi connectivity index (χ2v) is 5.87. The Labute approximate surface area is 134 Å². The molecule has 0 amide bonds. The summed E-state index contributed by atoms with van der Waals surface area (Å²) in [5.74, 6) is 0. The van der Waals surface area contributed by atoms with Crippen LogP contribution in [0.15, 0.2) is 48.5 Å². The van der Waals surface area contributed by atoms with Crippen LogP contribution in [-0.2, 0) is 6.54 Å². The van der Waals surface area contributed by atoms with Gasteiger partial charge in [-0.15, -0.1) is 0 Å². The molecular formula is C17H16Cl2N2. The van der Waals surface area contributed by atoms with Crippen molar-refractivity contribution in [1.82, 2.24) is 10.3 Å². The van der Waals surface area contributed by atoms with Gasteiger partial charge in [0, 0.05) is 34.2 Å². The van der Waals surface area contributed by atoms with E-state index < -0.39 is 0 Å². The largest absolute Gasteiger partial charge is 0.356 e. The molecule has 0 radical (unpaired) electrons. The first-order valence-electron chi connectivity index (χ1n) is 6.89. The van der Waals surface area contributed by atoms with E-state index in [0.29, 0.717) is 6.54 Å². The summed E-state index contributed by atoms with van der Waals surface area (Å²) in [6, 6.07) is 16.1. The predicted octanol–water partition coefficient (Wildman–Crippen LogP) is 5.33. The van der Waals surface area contributed by atoms with Crippen LogP contribution in [0.5, 0.6) is 0 Å². The molecule has 3 rings (SSSR count). The number of rotatable bonds is 4. The molecule has 0 fully saturated rings. The Kier molecular flexibility index (Phi) is 4.20. The van der Waals surface area contributed by atoms with Crippen molar-refractivity contribution in [2.24, 2.45) is 0 Å². The van der Waals surface area contributed by atoms with E-state index in [4.69, 9.17) is 23.2 Å². The second-order valence-electron chi connectivity index (χ2n) is 5.09. The van der Waals surface area contributed by atoms with Gasteiger partial charge in [-0.05, 0) is 24.6 Å². The molecule has 3 aromatic rings. The van der Waals surface area contributed by atoms with Crippen LogP contribution in [-0.4, -0.2) is 4.98 Å². The number of para-hydroxylation sites is 1. The molecule has 1 atom stereocenters. The van der Waals surface area contributed by atoms with Gasteiger partial charge in [-0.1, -0.05) is 59.6 Å². The number of aromatic nitrogens is 1. The molecule has 2 N–H and O–H groups in total. The van der Waals surface area contributed by atoms with Crippen molar-refractivity contribution >= 4 is 34.1 Å². The SMILES string of the molecule is CC(NCc1[nH]c2ccccc2c1Cl)c1ccccc1Cl. The molecule has 0 saturated heterocycles. The zero-order valence-electron chi connectivity index (χ0n) is 11.7. The highest BCUT2D eigenvalue weighted by Crippen LogP contribution is 2.28. The van der Waals surface area contributed by atoms with E-state index >= 15 is 0 Å². The maximum absolute atomic E-state index is 6.42. The fourth-order valence-electron chi connectivity index (χ4n) is 2.48. The first-order valence-corrected chi connectivity index (χ1v) is 7.65. The van der Waals surface area contributed by atoms with Crippen LogP contribution in [0.1, 0.15) is 24.2 Å². The molecule has 21 heavy (non-hydrogen) atoms. The number of hydrogen-bond acceptors (Lipinski definition) is 1. The minimum atomic E-state index is 0.154. The number of nitrogens with one attached hydrogen (secondary N) is 2. The van der Waals surface area contributed by atoms with Crippen LogP contribution in [0.2, 0.25) is 10.0 Å². The maximum atomic E-state index is 6.42. The lowest BCUT2D eigenvalue weighted by Gasteiger charge is -2.15. The minimum Gasteiger partial charge on any atom is -0.356 e. The van der Waals surface area contributed by atoms with Gasteiger partial charge in [0.05, 0.1) is 5.02 Å². The molecule has 1 unspecified atom stereocenters. The first-order chi connectivity index (χ1) is 10.2. The van der Waals surface area contributed by atoms with E-state index in [2.05, 4.69) is 17.2 Å². The zero-order chi connectivity index (χ0) is 14.8. The van der Waals surface area contributed by atoms with Gasteiger partial charge in [-0.2, -0.15) is 0 Å². The molecular weight excluding hydrogens is 303 g/mol. The Morgan fingerprint density at radius 1 is 1.05 bits per heavy atom. The van der Waals surface area contributed by atoms with Gasteiger partial charge in [0.25, 0.3) is 0 Å². The van der Waals surface area contributed by atoms with E-state index in [0.717, 1.165) is 32.2 Å². The van der Waals surface area contributed by atoms with Gasteiger partial charge in [-0.25, -0.2) is 0 Å². The lowest BCUT2D eigenvalue weighted by molar-refractivity contribution is 0.570. The van der Waals surface area contributed by atoms with Crippen LogP contribution >= 0.6 is 23.2 Å². The average Bonchev–Trinajstić information content (AvgIpc) is 2.82. The highest BCUT2D eigenvalue weighted by molar-refractivity contribution is 6.36. The van der Waals surface area contributed by atoms with E-state index in [1.165, 1.54) is 0 Å². The van der Waals surface area contributed by atoms with Crippen molar-refractivity contribution in [3.63, 3.8) is 0 Å². The standard InChI is InChI=1S/C17H16Cl2N2/c1-11(12-6-2-4-8-14(12)18)20-10-16-17(19)13-7-3-5-9-15(13)21-16/h2-9,11,20-21H,10H2,1H3. The summed E-state index contributed by atoms with van der Waals surface area (Å²) in [4.78, 5) is 3.36. The minimum absolute atomic E-state index is 0.154. The number of halogens is 2. The predicted molar refractivity (Wildman–Crippen MR) is 90.0 cm³/mol. The Morgan fingerprint density at radius 3 is 2.52 bits per heavy atom. The summed E-state index contributed by atoms with van der Waals surface area (Å²) in [6.45, 7) is 2.76. The topological polar surface area (TPSA) is 27.8 Å². The van der Waals surface area contributed by atoms with Gasteiger partial charge < -0.3 is 10.3 Å². The van der Waals surface area contributed by atoms with E-state index in [1.807, 2.05) is 48.5 Å². The summed E-state index contributed by atoms with van der Waals surface area (Å²) in [6.07, 6.45) is 0. The summed E-state index contributed by atoms with van der Waals surface area (Å²) < 4.78 is 0. The summed E-state index contributed by atoms with van der Waals surface area (Å²) in [5, 5.41) is 6.07. The molecule has 0 aliphatic heterocycles. The maximum Gasteiger partial charge on any atom is 0.0705 e. The number of fused-ring (bicyclic) bond motifs is 1. The van der Waals surface area contributed by atoms with Crippen LogP contribution in [0.25, 0.3) is 10.9 Å². The van der Waals surface area contributed by atoms with Crippen molar-refractivity contribution in [1.29, 1.82) is 0 Å². The van der Waals surface area contributed by atoms with Crippen LogP contribution in [0.4, 0.5) is 0 Å². The first kappa shape index (κ1) is 14.5. The molecule has 1 heterocycles.